The van der Waals surface area contributed by atoms with Gasteiger partial charge < -0.3 is 33.9 Å². The highest BCUT2D eigenvalue weighted by Crippen LogP contribution is 2.40. The molecule has 0 unspecified atom stereocenters. The van der Waals surface area contributed by atoms with E-state index >= 15 is 0 Å². The molecule has 2 aliphatic rings. The van der Waals surface area contributed by atoms with Gasteiger partial charge in [-0.3, -0.25) is 0 Å². The highest BCUT2D eigenvalue weighted by atomic mass is 35.5. The largest absolute Gasteiger partial charge is 0.491 e. The number of aromatic nitrogens is 2. The van der Waals surface area contributed by atoms with E-state index in [2.05, 4.69) is 15.2 Å². The normalized spacial score (nSPS) is 21.3. The molecule has 2 saturated heterocycles. The highest BCUT2D eigenvalue weighted by molar-refractivity contribution is 6.35. The van der Waals surface area contributed by atoms with Crippen LogP contribution in [0.5, 0.6) is 5.75 Å². The smallest absolute Gasteiger partial charge is 0.317 e. The van der Waals surface area contributed by atoms with Crippen molar-refractivity contribution in [1.82, 2.24) is 19.8 Å². The minimum Gasteiger partial charge on any atom is -0.491 e. The molecular formula is C28H33Cl2N5O4. The first-order chi connectivity index (χ1) is 19.0. The van der Waals surface area contributed by atoms with E-state index in [4.69, 9.17) is 37.4 Å². The molecule has 2 aromatic carbocycles. The lowest BCUT2D eigenvalue weighted by molar-refractivity contribution is -0.189. The number of nitrogens with zero attached hydrogens (tertiary/aromatic N) is 4. The number of nitrogens with one attached hydrogen (secondary N) is 1. The van der Waals surface area contributed by atoms with Gasteiger partial charge in [-0.2, -0.15) is 0 Å². The maximum absolute atomic E-state index is 12.2. The molecule has 2 fully saturated rings. The fourth-order valence-corrected chi connectivity index (χ4v) is 5.38. The molecule has 3 heterocycles. The average molecular weight is 575 g/mol. The van der Waals surface area contributed by atoms with E-state index in [1.165, 1.54) is 0 Å². The van der Waals surface area contributed by atoms with Crippen LogP contribution in [0.15, 0.2) is 61.2 Å². The van der Waals surface area contributed by atoms with Gasteiger partial charge in [-0.15, -0.1) is 0 Å². The van der Waals surface area contributed by atoms with Crippen molar-refractivity contribution in [3.8, 4) is 5.75 Å². The number of imidazole rings is 1. The number of carbonyl (C=O) groups is 1. The summed E-state index contributed by atoms with van der Waals surface area (Å²) in [6, 6.07) is 13.3. The minimum absolute atomic E-state index is 0.0192. The zero-order chi connectivity index (χ0) is 27.2. The molecule has 1 aromatic heterocycles. The maximum atomic E-state index is 12.2. The third-order valence-corrected chi connectivity index (χ3v) is 7.43. The fraction of sp³-hybridized carbons (Fsp3) is 0.429. The molecule has 2 amide bonds. The van der Waals surface area contributed by atoms with Crippen LogP contribution in [0.4, 0.5) is 10.5 Å². The Bertz CT molecular complexity index is 1240. The van der Waals surface area contributed by atoms with Gasteiger partial charge in [0.25, 0.3) is 0 Å². The van der Waals surface area contributed by atoms with E-state index in [-0.39, 0.29) is 12.1 Å². The summed E-state index contributed by atoms with van der Waals surface area (Å²) >= 11 is 12.7. The van der Waals surface area contributed by atoms with Gasteiger partial charge in [-0.25, -0.2) is 9.78 Å². The van der Waals surface area contributed by atoms with Crippen molar-refractivity contribution in [3.05, 3.63) is 76.8 Å². The Kier molecular flexibility index (Phi) is 8.82. The second kappa shape index (κ2) is 12.5. The van der Waals surface area contributed by atoms with Gasteiger partial charge in [0.05, 0.1) is 24.5 Å². The van der Waals surface area contributed by atoms with Crippen molar-refractivity contribution >= 4 is 34.9 Å². The Morgan fingerprint density at radius 3 is 2.64 bits per heavy atom. The first kappa shape index (κ1) is 27.6. The van der Waals surface area contributed by atoms with Crippen LogP contribution in [0.2, 0.25) is 10.0 Å². The second-order valence-corrected chi connectivity index (χ2v) is 10.5. The molecule has 208 valence electrons. The van der Waals surface area contributed by atoms with Crippen molar-refractivity contribution in [2.45, 2.75) is 31.8 Å². The summed E-state index contributed by atoms with van der Waals surface area (Å²) in [5.41, 5.74) is 1.81. The van der Waals surface area contributed by atoms with Crippen LogP contribution < -0.4 is 15.0 Å². The lowest BCUT2D eigenvalue weighted by Gasteiger charge is -2.36. The molecule has 11 heteroatoms. The molecule has 9 nitrogen and oxygen atoms in total. The number of ether oxygens (including phenoxy) is 3. The summed E-state index contributed by atoms with van der Waals surface area (Å²) in [7, 11) is 0. The molecule has 0 radical (unpaired) electrons. The van der Waals surface area contributed by atoms with E-state index in [1.807, 2.05) is 52.9 Å². The number of hydrogen-bond donors (Lipinski definition) is 1. The van der Waals surface area contributed by atoms with E-state index in [9.17, 15) is 4.79 Å². The Balaban J connectivity index is 1.17. The summed E-state index contributed by atoms with van der Waals surface area (Å²) in [6.45, 7) is 6.79. The number of carbonyl (C=O) groups excluding carboxylic acids is 1. The number of anilines is 1. The summed E-state index contributed by atoms with van der Waals surface area (Å²) in [5.74, 6) is -0.341. The Labute approximate surface area is 238 Å². The Hall–Kier alpha value is -2.98. The number of urea groups is 1. The van der Waals surface area contributed by atoms with Crippen molar-refractivity contribution < 1.29 is 19.0 Å². The number of hydrogen-bond acceptors (Lipinski definition) is 6. The zero-order valence-electron chi connectivity index (χ0n) is 21.9. The Morgan fingerprint density at radius 1 is 1.15 bits per heavy atom. The molecule has 1 N–H and O–H groups in total. The van der Waals surface area contributed by atoms with E-state index < -0.39 is 5.79 Å². The quantitative estimate of drug-likeness (QED) is 0.397. The van der Waals surface area contributed by atoms with Crippen LogP contribution in [0.25, 0.3) is 0 Å². The Morgan fingerprint density at radius 2 is 1.95 bits per heavy atom. The molecule has 0 saturated carbocycles. The van der Waals surface area contributed by atoms with Crippen LogP contribution in [0.3, 0.4) is 0 Å². The first-order valence-electron chi connectivity index (χ1n) is 13.2. The van der Waals surface area contributed by atoms with Crippen LogP contribution in [0.1, 0.15) is 18.9 Å². The molecule has 2 aliphatic heterocycles. The van der Waals surface area contributed by atoms with Crippen LogP contribution in [-0.2, 0) is 21.8 Å². The topological polar surface area (TPSA) is 81.1 Å². The maximum Gasteiger partial charge on any atom is 0.317 e. The first-order valence-corrected chi connectivity index (χ1v) is 13.9. The number of amides is 2. The van der Waals surface area contributed by atoms with Gasteiger partial charge in [0, 0.05) is 61.4 Å². The number of benzene rings is 2. The third-order valence-electron chi connectivity index (χ3n) is 6.88. The number of rotatable bonds is 9. The summed E-state index contributed by atoms with van der Waals surface area (Å²) < 4.78 is 20.7. The molecule has 0 aliphatic carbocycles. The second-order valence-electron chi connectivity index (χ2n) is 9.67. The molecule has 0 bridgehead atoms. The van der Waals surface area contributed by atoms with E-state index in [1.54, 1.807) is 24.7 Å². The lowest BCUT2D eigenvalue weighted by Crippen LogP contribution is -2.52. The predicted octanol–water partition coefficient (Wildman–Crippen LogP) is 4.78. The number of piperazine rings is 1. The molecule has 2 atom stereocenters. The minimum atomic E-state index is -1.09. The molecule has 39 heavy (non-hydrogen) atoms. The summed E-state index contributed by atoms with van der Waals surface area (Å²) in [6.07, 6.45) is 5.91. The monoisotopic (exact) mass is 573 g/mol. The van der Waals surface area contributed by atoms with Crippen LogP contribution in [-0.4, -0.2) is 72.5 Å². The average Bonchev–Trinajstić information content (AvgIpc) is 3.61. The van der Waals surface area contributed by atoms with Gasteiger partial charge in [0.2, 0.25) is 5.79 Å². The van der Waals surface area contributed by atoms with Crippen LogP contribution in [0, 0.1) is 0 Å². The molecular weight excluding hydrogens is 541 g/mol. The van der Waals surface area contributed by atoms with E-state index in [0.717, 1.165) is 30.9 Å². The van der Waals surface area contributed by atoms with Crippen molar-refractivity contribution in [3.63, 3.8) is 0 Å². The van der Waals surface area contributed by atoms with Crippen LogP contribution >= 0.6 is 23.2 Å². The summed E-state index contributed by atoms with van der Waals surface area (Å²) in [4.78, 5) is 20.5. The van der Waals surface area contributed by atoms with Gasteiger partial charge >= 0.3 is 6.03 Å². The molecule has 3 aromatic rings. The predicted molar refractivity (Wildman–Crippen MR) is 151 cm³/mol. The SMILES string of the molecule is CCCNC(=O)N1CCN(c2ccc(OC[C@@H]3CO[C@@](Cn4ccnc4)(c4ccc(Cl)cc4Cl)O3)cc2)CC1. The fourth-order valence-electron chi connectivity index (χ4n) is 4.83. The van der Waals surface area contributed by atoms with Gasteiger partial charge in [0.1, 0.15) is 18.5 Å². The van der Waals surface area contributed by atoms with Gasteiger partial charge in [0.15, 0.2) is 0 Å². The third kappa shape index (κ3) is 6.61. The van der Waals surface area contributed by atoms with Crippen molar-refractivity contribution in [2.75, 3.05) is 50.8 Å². The zero-order valence-corrected chi connectivity index (χ0v) is 23.4. The van der Waals surface area contributed by atoms with Gasteiger partial charge in [-0.05, 0) is 42.8 Å². The summed E-state index contributed by atoms with van der Waals surface area (Å²) in [5, 5.41) is 3.97. The van der Waals surface area contributed by atoms with Crippen molar-refractivity contribution in [2.24, 2.45) is 0 Å². The van der Waals surface area contributed by atoms with Crippen molar-refractivity contribution in [1.29, 1.82) is 0 Å². The van der Waals surface area contributed by atoms with Gasteiger partial charge in [-0.1, -0.05) is 36.2 Å². The standard InChI is InChI=1S/C28H33Cl2N5O4/c1-2-9-32-27(36)35-14-12-34(13-15-35)22-4-6-23(7-5-22)37-17-24-18-38-28(39-24,19-33-11-10-31-20-33)25-8-3-21(29)16-26(25)30/h3-8,10-11,16,20,24H,2,9,12-15,17-19H2,1H3,(H,32,36)/t24-,28-/m1/s1. The number of halogens is 2. The lowest BCUT2D eigenvalue weighted by atomic mass is 10.1. The highest BCUT2D eigenvalue weighted by Gasteiger charge is 2.45. The van der Waals surface area contributed by atoms with E-state index in [0.29, 0.717) is 55.0 Å². The molecule has 5 rings (SSSR count). The molecule has 0 spiro atoms.